The van der Waals surface area contributed by atoms with Gasteiger partial charge in [-0.3, -0.25) is 9.59 Å². The van der Waals surface area contributed by atoms with Crippen molar-refractivity contribution in [3.63, 3.8) is 0 Å². The van der Waals surface area contributed by atoms with Crippen LogP contribution in [0.25, 0.3) is 0 Å². The molecule has 0 aliphatic rings. The van der Waals surface area contributed by atoms with Gasteiger partial charge < -0.3 is 15.0 Å². The first-order chi connectivity index (χ1) is 17.0. The van der Waals surface area contributed by atoms with Gasteiger partial charge in [0.15, 0.2) is 6.61 Å². The Labute approximate surface area is 223 Å². The summed E-state index contributed by atoms with van der Waals surface area (Å²) in [4.78, 5) is 28.9. The molecule has 2 amide bonds. The average Bonchev–Trinajstić information content (AvgIpc) is 2.81. The van der Waals surface area contributed by atoms with Crippen LogP contribution in [0.1, 0.15) is 43.0 Å². The van der Waals surface area contributed by atoms with Crippen molar-refractivity contribution in [2.45, 2.75) is 59.2 Å². The van der Waals surface area contributed by atoms with Gasteiger partial charge in [-0.2, -0.15) is 0 Å². The highest BCUT2D eigenvalue weighted by atomic mass is 79.9. The molecule has 5 nitrogen and oxygen atoms in total. The second kappa shape index (κ2) is 12.2. The minimum Gasteiger partial charge on any atom is -0.483 e. The highest BCUT2D eigenvalue weighted by Crippen LogP contribution is 2.22. The normalized spacial score (nSPS) is 12.1. The minimum atomic E-state index is -0.708. The first-order valence-electron chi connectivity index (χ1n) is 12.1. The van der Waals surface area contributed by atoms with Crippen molar-refractivity contribution < 1.29 is 14.3 Å². The highest BCUT2D eigenvalue weighted by Gasteiger charge is 2.32. The Morgan fingerprint density at radius 2 is 1.61 bits per heavy atom. The first kappa shape index (κ1) is 27.5. The minimum absolute atomic E-state index is 0.160. The third kappa shape index (κ3) is 7.95. The number of halogens is 1. The number of hydrogen-bond acceptors (Lipinski definition) is 3. The number of aryl methyl sites for hydroxylation is 1. The van der Waals surface area contributed by atoms with Crippen molar-refractivity contribution in [2.75, 3.05) is 6.61 Å². The van der Waals surface area contributed by atoms with Crippen molar-refractivity contribution in [3.8, 4) is 5.75 Å². The fourth-order valence-corrected chi connectivity index (χ4v) is 4.39. The molecule has 0 fully saturated rings. The Bertz CT molecular complexity index is 1190. The SMILES string of the molecule is Cc1cccc(OCC(=O)N(Cc2cccc(Br)c2)[C@H](Cc2ccccc2)C(=O)NC(C)(C)C)c1C. The van der Waals surface area contributed by atoms with E-state index in [2.05, 4.69) is 21.2 Å². The molecule has 0 spiro atoms. The van der Waals surface area contributed by atoms with Crippen LogP contribution in [0.5, 0.6) is 5.75 Å². The number of carbonyl (C=O) groups is 2. The van der Waals surface area contributed by atoms with Crippen molar-refractivity contribution in [1.29, 1.82) is 0 Å². The number of ether oxygens (including phenoxy) is 1. The molecule has 36 heavy (non-hydrogen) atoms. The van der Waals surface area contributed by atoms with Gasteiger partial charge in [-0.1, -0.05) is 70.5 Å². The van der Waals surface area contributed by atoms with Gasteiger partial charge in [0.2, 0.25) is 5.91 Å². The van der Waals surface area contributed by atoms with Crippen LogP contribution in [0.3, 0.4) is 0 Å². The lowest BCUT2D eigenvalue weighted by atomic mass is 10.0. The number of nitrogens with zero attached hydrogens (tertiary/aromatic N) is 1. The van der Waals surface area contributed by atoms with Gasteiger partial charge in [0.1, 0.15) is 11.8 Å². The Balaban J connectivity index is 1.95. The second-order valence-corrected chi connectivity index (χ2v) is 11.0. The quantitative estimate of drug-likeness (QED) is 0.355. The molecular formula is C30H35BrN2O3. The van der Waals surface area contributed by atoms with Gasteiger partial charge >= 0.3 is 0 Å². The topological polar surface area (TPSA) is 58.6 Å². The fraction of sp³-hybridized carbons (Fsp3) is 0.333. The van der Waals surface area contributed by atoms with Gasteiger partial charge in [0.05, 0.1) is 0 Å². The van der Waals surface area contributed by atoms with Crippen molar-refractivity contribution in [1.82, 2.24) is 10.2 Å². The molecule has 3 aromatic rings. The molecule has 0 bridgehead atoms. The summed E-state index contributed by atoms with van der Waals surface area (Å²) >= 11 is 3.52. The Morgan fingerprint density at radius 1 is 0.944 bits per heavy atom. The lowest BCUT2D eigenvalue weighted by Crippen LogP contribution is -2.55. The fourth-order valence-electron chi connectivity index (χ4n) is 3.94. The smallest absolute Gasteiger partial charge is 0.261 e. The molecule has 0 heterocycles. The summed E-state index contributed by atoms with van der Waals surface area (Å²) in [5, 5.41) is 3.08. The van der Waals surface area contributed by atoms with Crippen LogP contribution in [0.4, 0.5) is 0 Å². The molecule has 6 heteroatoms. The molecule has 0 aromatic heterocycles. The molecular weight excluding hydrogens is 516 g/mol. The maximum atomic E-state index is 13.7. The lowest BCUT2D eigenvalue weighted by molar-refractivity contribution is -0.143. The van der Waals surface area contributed by atoms with Gasteiger partial charge in [0, 0.05) is 23.0 Å². The standard InChI is InChI=1S/C30H35BrN2O3/c1-21-11-9-16-27(22(21)2)36-20-28(34)33(19-24-14-10-15-25(31)17-24)26(29(35)32-30(3,4)5)18-23-12-7-6-8-13-23/h6-17,26H,18-20H2,1-5H3,(H,32,35)/t26-/m1/s1. The average molecular weight is 552 g/mol. The molecule has 0 aliphatic heterocycles. The summed E-state index contributed by atoms with van der Waals surface area (Å²) < 4.78 is 6.89. The predicted molar refractivity (Wildman–Crippen MR) is 148 cm³/mol. The van der Waals surface area contributed by atoms with E-state index in [1.807, 2.05) is 107 Å². The Kier molecular flexibility index (Phi) is 9.32. The molecule has 0 saturated heterocycles. The number of hydrogen-bond donors (Lipinski definition) is 1. The van der Waals surface area contributed by atoms with Gasteiger partial charge in [-0.15, -0.1) is 0 Å². The molecule has 1 N–H and O–H groups in total. The van der Waals surface area contributed by atoms with Crippen LogP contribution < -0.4 is 10.1 Å². The van der Waals surface area contributed by atoms with Gasteiger partial charge in [-0.25, -0.2) is 0 Å². The van der Waals surface area contributed by atoms with E-state index >= 15 is 0 Å². The maximum absolute atomic E-state index is 13.7. The van der Waals surface area contributed by atoms with Crippen molar-refractivity contribution in [2.24, 2.45) is 0 Å². The molecule has 0 unspecified atom stereocenters. The van der Waals surface area contributed by atoms with Crippen molar-refractivity contribution in [3.05, 3.63) is 99.5 Å². The third-order valence-electron chi connectivity index (χ3n) is 5.92. The van der Waals surface area contributed by atoms with Crippen LogP contribution in [-0.4, -0.2) is 34.9 Å². The summed E-state index contributed by atoms with van der Waals surface area (Å²) in [5.41, 5.74) is 3.55. The van der Waals surface area contributed by atoms with Crippen LogP contribution in [0.2, 0.25) is 0 Å². The number of benzene rings is 3. The molecule has 0 aliphatic carbocycles. The van der Waals surface area contributed by atoms with E-state index < -0.39 is 11.6 Å². The van der Waals surface area contributed by atoms with E-state index in [9.17, 15) is 9.59 Å². The zero-order valence-corrected chi connectivity index (χ0v) is 23.3. The summed E-state index contributed by atoms with van der Waals surface area (Å²) in [6, 6.07) is 22.6. The summed E-state index contributed by atoms with van der Waals surface area (Å²) in [6.45, 7) is 9.92. The zero-order chi connectivity index (χ0) is 26.3. The van der Waals surface area contributed by atoms with E-state index in [0.717, 1.165) is 26.7 Å². The van der Waals surface area contributed by atoms with Crippen LogP contribution in [0.15, 0.2) is 77.3 Å². The second-order valence-electron chi connectivity index (χ2n) is 10.1. The van der Waals surface area contributed by atoms with Gasteiger partial charge in [-0.05, 0) is 75.1 Å². The third-order valence-corrected chi connectivity index (χ3v) is 6.41. The van der Waals surface area contributed by atoms with E-state index in [-0.39, 0.29) is 25.0 Å². The molecule has 3 rings (SSSR count). The lowest BCUT2D eigenvalue weighted by Gasteiger charge is -2.34. The van der Waals surface area contributed by atoms with E-state index in [4.69, 9.17) is 4.74 Å². The largest absolute Gasteiger partial charge is 0.483 e. The van der Waals surface area contributed by atoms with Crippen LogP contribution >= 0.6 is 15.9 Å². The van der Waals surface area contributed by atoms with E-state index in [1.54, 1.807) is 4.90 Å². The first-order valence-corrected chi connectivity index (χ1v) is 12.9. The summed E-state index contributed by atoms with van der Waals surface area (Å²) in [6.07, 6.45) is 0.395. The van der Waals surface area contributed by atoms with Crippen molar-refractivity contribution >= 4 is 27.7 Å². The van der Waals surface area contributed by atoms with E-state index in [1.165, 1.54) is 0 Å². The number of rotatable bonds is 9. The highest BCUT2D eigenvalue weighted by molar-refractivity contribution is 9.10. The molecule has 190 valence electrons. The molecule has 0 saturated carbocycles. The number of carbonyl (C=O) groups excluding carboxylic acids is 2. The maximum Gasteiger partial charge on any atom is 0.261 e. The summed E-state index contributed by atoms with van der Waals surface area (Å²) in [5.74, 6) is 0.229. The Morgan fingerprint density at radius 3 is 2.28 bits per heavy atom. The van der Waals surface area contributed by atoms with Crippen LogP contribution in [0, 0.1) is 13.8 Å². The summed E-state index contributed by atoms with van der Waals surface area (Å²) in [7, 11) is 0. The Hall–Kier alpha value is -3.12. The van der Waals surface area contributed by atoms with Crippen LogP contribution in [-0.2, 0) is 22.6 Å². The monoisotopic (exact) mass is 550 g/mol. The number of nitrogens with one attached hydrogen (secondary N) is 1. The molecule has 0 radical (unpaired) electrons. The predicted octanol–water partition coefficient (Wildman–Crippen LogP) is 6.00. The van der Waals surface area contributed by atoms with Gasteiger partial charge in [0.25, 0.3) is 5.91 Å². The zero-order valence-electron chi connectivity index (χ0n) is 21.7. The molecule has 3 aromatic carbocycles. The number of amides is 2. The van der Waals surface area contributed by atoms with E-state index in [0.29, 0.717) is 12.2 Å². The molecule has 1 atom stereocenters.